The van der Waals surface area contributed by atoms with Crippen molar-refractivity contribution in [2.45, 2.75) is 26.2 Å². The number of halogens is 1. The fourth-order valence-electron chi connectivity index (χ4n) is 2.20. The molecule has 0 radical (unpaired) electrons. The lowest BCUT2D eigenvalue weighted by atomic mass is 10.2. The zero-order valence-corrected chi connectivity index (χ0v) is 15.6. The third kappa shape index (κ3) is 6.03. The smallest absolute Gasteiger partial charge is 0.261 e. The van der Waals surface area contributed by atoms with Crippen molar-refractivity contribution in [2.75, 3.05) is 11.9 Å². The van der Waals surface area contributed by atoms with Crippen LogP contribution in [0.1, 0.15) is 36.5 Å². The van der Waals surface area contributed by atoms with Crippen LogP contribution < -0.4 is 15.4 Å². The molecule has 2 aromatic carbocycles. The summed E-state index contributed by atoms with van der Waals surface area (Å²) in [5.74, 6) is 0.229. The summed E-state index contributed by atoms with van der Waals surface area (Å²) in [6.45, 7) is 2.72. The highest BCUT2D eigenvalue weighted by Crippen LogP contribution is 2.21. The Labute approximate surface area is 158 Å². The average Bonchev–Trinajstić information content (AvgIpc) is 2.61. The first-order chi connectivity index (χ1) is 12.1. The standard InChI is InChI=1S/C19H21ClN2O2S/c1-2-3-8-13-24-17-12-7-4-9-14(17)18(23)22-19(25)21-16-11-6-5-10-15(16)20/h4-7,9-12H,2-3,8,13H2,1H3,(H2,21,22,23,25). The number of hydrogen-bond donors (Lipinski definition) is 2. The van der Waals surface area contributed by atoms with Crippen molar-refractivity contribution in [2.24, 2.45) is 0 Å². The zero-order valence-electron chi connectivity index (χ0n) is 14.0. The number of thiocarbonyl (C=S) groups is 1. The van der Waals surface area contributed by atoms with Crippen molar-refractivity contribution < 1.29 is 9.53 Å². The van der Waals surface area contributed by atoms with Crippen LogP contribution in [0.25, 0.3) is 0 Å². The molecule has 6 heteroatoms. The molecule has 0 fully saturated rings. The highest BCUT2D eigenvalue weighted by atomic mass is 35.5. The van der Waals surface area contributed by atoms with Gasteiger partial charge in [-0.3, -0.25) is 10.1 Å². The third-order valence-corrected chi connectivity index (χ3v) is 4.02. The van der Waals surface area contributed by atoms with Crippen molar-refractivity contribution in [3.05, 3.63) is 59.1 Å². The van der Waals surface area contributed by atoms with Crippen molar-refractivity contribution >= 4 is 40.5 Å². The second-order valence-corrected chi connectivity index (χ2v) is 6.26. The van der Waals surface area contributed by atoms with Gasteiger partial charge in [-0.15, -0.1) is 0 Å². The largest absolute Gasteiger partial charge is 0.493 e. The molecule has 4 nitrogen and oxygen atoms in total. The number of carbonyl (C=O) groups excluding carboxylic acids is 1. The minimum absolute atomic E-state index is 0.180. The number of rotatable bonds is 7. The minimum Gasteiger partial charge on any atom is -0.493 e. The number of benzene rings is 2. The van der Waals surface area contributed by atoms with Crippen molar-refractivity contribution in [3.63, 3.8) is 0 Å². The summed E-state index contributed by atoms with van der Waals surface area (Å²) >= 11 is 11.3. The van der Waals surface area contributed by atoms with Gasteiger partial charge in [0, 0.05) is 0 Å². The Morgan fingerprint density at radius 1 is 1.12 bits per heavy atom. The number of para-hydroxylation sites is 2. The van der Waals surface area contributed by atoms with Gasteiger partial charge in [0.2, 0.25) is 0 Å². The average molecular weight is 377 g/mol. The number of nitrogens with one attached hydrogen (secondary N) is 2. The first kappa shape index (κ1) is 19.2. The van der Waals surface area contributed by atoms with Gasteiger partial charge in [-0.05, 0) is 42.9 Å². The van der Waals surface area contributed by atoms with E-state index in [2.05, 4.69) is 17.6 Å². The van der Waals surface area contributed by atoms with Crippen LogP contribution in [-0.4, -0.2) is 17.6 Å². The number of hydrogen-bond acceptors (Lipinski definition) is 3. The van der Waals surface area contributed by atoms with E-state index >= 15 is 0 Å². The summed E-state index contributed by atoms with van der Waals surface area (Å²) in [4.78, 5) is 12.5. The van der Waals surface area contributed by atoms with Gasteiger partial charge in [0.1, 0.15) is 5.75 Å². The van der Waals surface area contributed by atoms with Crippen LogP contribution in [0.15, 0.2) is 48.5 Å². The Bertz CT molecular complexity index is 737. The molecule has 0 aliphatic carbocycles. The second-order valence-electron chi connectivity index (χ2n) is 5.44. The lowest BCUT2D eigenvalue weighted by molar-refractivity contribution is 0.0973. The summed E-state index contributed by atoms with van der Waals surface area (Å²) in [5, 5.41) is 6.28. The van der Waals surface area contributed by atoms with Gasteiger partial charge in [-0.25, -0.2) is 0 Å². The molecule has 0 saturated carbocycles. The normalized spacial score (nSPS) is 10.2. The number of unbranched alkanes of at least 4 members (excludes halogenated alkanes) is 2. The molecule has 0 aliphatic rings. The molecule has 25 heavy (non-hydrogen) atoms. The third-order valence-electron chi connectivity index (χ3n) is 3.49. The Balaban J connectivity index is 1.98. The van der Waals surface area contributed by atoms with E-state index in [1.54, 1.807) is 30.3 Å². The Hall–Kier alpha value is -2.11. The molecule has 0 spiro atoms. The number of amides is 1. The first-order valence-electron chi connectivity index (χ1n) is 8.20. The monoisotopic (exact) mass is 376 g/mol. The van der Waals surface area contributed by atoms with Crippen LogP contribution >= 0.6 is 23.8 Å². The summed E-state index contributed by atoms with van der Waals surface area (Å²) < 4.78 is 5.73. The maximum absolute atomic E-state index is 12.5. The van der Waals surface area contributed by atoms with Gasteiger partial charge < -0.3 is 10.1 Å². The Kier molecular flexibility index (Phi) is 7.70. The highest BCUT2D eigenvalue weighted by Gasteiger charge is 2.14. The summed E-state index contributed by atoms with van der Waals surface area (Å²) in [6, 6.07) is 14.3. The lowest BCUT2D eigenvalue weighted by Gasteiger charge is -2.13. The maximum atomic E-state index is 12.5. The summed E-state index contributed by atoms with van der Waals surface area (Å²) in [6.07, 6.45) is 3.17. The SMILES string of the molecule is CCCCCOc1ccccc1C(=O)NC(=S)Nc1ccccc1Cl. The fourth-order valence-corrected chi connectivity index (χ4v) is 2.59. The molecule has 0 aliphatic heterocycles. The molecule has 2 rings (SSSR count). The van der Waals surface area contributed by atoms with Crippen molar-refractivity contribution in [3.8, 4) is 5.75 Å². The minimum atomic E-state index is -0.323. The van der Waals surface area contributed by atoms with Crippen LogP contribution in [0.4, 0.5) is 5.69 Å². The van der Waals surface area contributed by atoms with Gasteiger partial charge in [0.05, 0.1) is 22.9 Å². The molecule has 1 amide bonds. The molecule has 0 heterocycles. The van der Waals surface area contributed by atoms with E-state index < -0.39 is 0 Å². The van der Waals surface area contributed by atoms with Crippen LogP contribution in [0.3, 0.4) is 0 Å². The fraction of sp³-hybridized carbons (Fsp3) is 0.263. The number of anilines is 1. The van der Waals surface area contributed by atoms with Crippen molar-refractivity contribution in [1.82, 2.24) is 5.32 Å². The molecule has 0 atom stereocenters. The van der Waals surface area contributed by atoms with Gasteiger partial charge in [-0.1, -0.05) is 55.6 Å². The molecule has 0 aromatic heterocycles. The van der Waals surface area contributed by atoms with Crippen LogP contribution in [0.2, 0.25) is 5.02 Å². The maximum Gasteiger partial charge on any atom is 0.261 e. The molecule has 132 valence electrons. The quantitative estimate of drug-likeness (QED) is 0.525. The molecular weight excluding hydrogens is 356 g/mol. The Morgan fingerprint density at radius 2 is 1.84 bits per heavy atom. The molecule has 0 saturated heterocycles. The topological polar surface area (TPSA) is 50.4 Å². The molecule has 2 aromatic rings. The van der Waals surface area contributed by atoms with E-state index in [-0.39, 0.29) is 11.0 Å². The van der Waals surface area contributed by atoms with Gasteiger partial charge in [0.25, 0.3) is 5.91 Å². The predicted molar refractivity (Wildman–Crippen MR) is 107 cm³/mol. The van der Waals surface area contributed by atoms with E-state index in [4.69, 9.17) is 28.6 Å². The molecule has 2 N–H and O–H groups in total. The van der Waals surface area contributed by atoms with E-state index in [9.17, 15) is 4.79 Å². The van der Waals surface area contributed by atoms with E-state index in [1.165, 1.54) is 0 Å². The number of carbonyl (C=O) groups is 1. The highest BCUT2D eigenvalue weighted by molar-refractivity contribution is 7.80. The van der Waals surface area contributed by atoms with Gasteiger partial charge >= 0.3 is 0 Å². The van der Waals surface area contributed by atoms with E-state index in [0.717, 1.165) is 19.3 Å². The predicted octanol–water partition coefficient (Wildman–Crippen LogP) is 5.04. The lowest BCUT2D eigenvalue weighted by Crippen LogP contribution is -2.34. The van der Waals surface area contributed by atoms with Crippen LogP contribution in [0, 0.1) is 0 Å². The van der Waals surface area contributed by atoms with E-state index in [0.29, 0.717) is 28.6 Å². The van der Waals surface area contributed by atoms with Crippen molar-refractivity contribution in [1.29, 1.82) is 0 Å². The number of ether oxygens (including phenoxy) is 1. The second kappa shape index (κ2) is 10.0. The van der Waals surface area contributed by atoms with Gasteiger partial charge in [0.15, 0.2) is 5.11 Å². The first-order valence-corrected chi connectivity index (χ1v) is 8.99. The Morgan fingerprint density at radius 3 is 2.60 bits per heavy atom. The molecule has 0 bridgehead atoms. The van der Waals surface area contributed by atoms with Crippen LogP contribution in [0.5, 0.6) is 5.75 Å². The van der Waals surface area contributed by atoms with Gasteiger partial charge in [-0.2, -0.15) is 0 Å². The molecular formula is C19H21ClN2O2S. The zero-order chi connectivity index (χ0) is 18.1. The van der Waals surface area contributed by atoms with Crippen LogP contribution in [-0.2, 0) is 0 Å². The molecule has 0 unspecified atom stereocenters. The summed E-state index contributed by atoms with van der Waals surface area (Å²) in [5.41, 5.74) is 1.08. The van der Waals surface area contributed by atoms with E-state index in [1.807, 2.05) is 18.2 Å². The summed E-state index contributed by atoms with van der Waals surface area (Å²) in [7, 11) is 0.